The Morgan fingerprint density at radius 3 is 2.45 bits per heavy atom. The Kier molecular flexibility index (Phi) is 6.85. The summed E-state index contributed by atoms with van der Waals surface area (Å²) in [4.78, 5) is 25.9. The van der Waals surface area contributed by atoms with E-state index in [1.54, 1.807) is 6.20 Å². The average Bonchev–Trinajstić information content (AvgIpc) is 2.95. The molecule has 0 bridgehead atoms. The molecule has 3 aromatic rings. The zero-order valence-electron chi connectivity index (χ0n) is 17.7. The number of nitrogens with zero attached hydrogens (tertiary/aromatic N) is 4. The molecule has 0 N–H and O–H groups in total. The maximum atomic E-state index is 13.3. The van der Waals surface area contributed by atoms with Gasteiger partial charge >= 0.3 is 0 Å². The van der Waals surface area contributed by atoms with Crippen LogP contribution in [0.15, 0.2) is 86.0 Å². The minimum absolute atomic E-state index is 0.0754. The number of carbonyl (C=O) groups excluding carboxylic acids is 1. The molecule has 1 amide bonds. The molecule has 5 nitrogen and oxygen atoms in total. The first-order valence-corrected chi connectivity index (χ1v) is 10.7. The van der Waals surface area contributed by atoms with E-state index in [1.807, 2.05) is 47.8 Å². The van der Waals surface area contributed by atoms with Crippen molar-refractivity contribution in [2.75, 3.05) is 26.2 Å². The number of amides is 1. The fourth-order valence-electron chi connectivity index (χ4n) is 4.14. The molecule has 1 aliphatic heterocycles. The summed E-state index contributed by atoms with van der Waals surface area (Å²) >= 11 is 0. The Morgan fingerprint density at radius 1 is 0.935 bits per heavy atom. The van der Waals surface area contributed by atoms with Crippen LogP contribution in [0.3, 0.4) is 0 Å². The van der Waals surface area contributed by atoms with Gasteiger partial charge in [0.1, 0.15) is 0 Å². The molecule has 158 valence electrons. The van der Waals surface area contributed by atoms with E-state index in [0.717, 1.165) is 43.7 Å². The normalized spacial score (nSPS) is 17.4. The Balaban J connectivity index is 1.50. The van der Waals surface area contributed by atoms with Gasteiger partial charge in [-0.05, 0) is 46.9 Å². The van der Waals surface area contributed by atoms with Crippen molar-refractivity contribution < 1.29 is 4.79 Å². The summed E-state index contributed by atoms with van der Waals surface area (Å²) in [6.45, 7) is 7.59. The zero-order valence-corrected chi connectivity index (χ0v) is 17.7. The van der Waals surface area contributed by atoms with E-state index in [-0.39, 0.29) is 11.8 Å². The monoisotopic (exact) mass is 412 g/mol. The Labute approximate surface area is 184 Å². The first kappa shape index (κ1) is 20.9. The molecule has 3 heterocycles. The van der Waals surface area contributed by atoms with Crippen molar-refractivity contribution in [2.24, 2.45) is 5.92 Å². The minimum Gasteiger partial charge on any atom is -0.337 e. The van der Waals surface area contributed by atoms with Crippen molar-refractivity contribution in [3.8, 4) is 11.1 Å². The van der Waals surface area contributed by atoms with E-state index >= 15 is 0 Å². The van der Waals surface area contributed by atoms with Crippen LogP contribution < -0.4 is 0 Å². The van der Waals surface area contributed by atoms with Gasteiger partial charge in [-0.15, -0.1) is 6.58 Å². The van der Waals surface area contributed by atoms with Gasteiger partial charge < -0.3 is 4.90 Å². The van der Waals surface area contributed by atoms with Gasteiger partial charge in [0, 0.05) is 57.5 Å². The van der Waals surface area contributed by atoms with Crippen molar-refractivity contribution in [1.29, 1.82) is 0 Å². The van der Waals surface area contributed by atoms with E-state index < -0.39 is 0 Å². The van der Waals surface area contributed by atoms with Crippen LogP contribution in [-0.4, -0.2) is 51.9 Å². The van der Waals surface area contributed by atoms with Crippen molar-refractivity contribution in [2.45, 2.75) is 13.0 Å². The molecule has 1 saturated heterocycles. The van der Waals surface area contributed by atoms with Gasteiger partial charge in [0.25, 0.3) is 0 Å². The highest BCUT2D eigenvalue weighted by atomic mass is 16.2. The maximum absolute atomic E-state index is 13.3. The molecule has 4 rings (SSSR count). The van der Waals surface area contributed by atoms with Crippen molar-refractivity contribution in [3.63, 3.8) is 0 Å². The molecule has 0 radical (unpaired) electrons. The summed E-state index contributed by atoms with van der Waals surface area (Å²) in [6.07, 6.45) is 9.84. The number of rotatable bonds is 7. The van der Waals surface area contributed by atoms with Crippen LogP contribution in [-0.2, 0) is 17.8 Å². The molecule has 1 fully saturated rings. The van der Waals surface area contributed by atoms with E-state index in [9.17, 15) is 4.79 Å². The van der Waals surface area contributed by atoms with Gasteiger partial charge in [0.05, 0.1) is 5.92 Å². The van der Waals surface area contributed by atoms with E-state index in [2.05, 4.69) is 51.8 Å². The molecular formula is C26H28N4O. The third-order valence-electron chi connectivity index (χ3n) is 5.76. The third kappa shape index (κ3) is 5.44. The fourth-order valence-corrected chi connectivity index (χ4v) is 4.14. The van der Waals surface area contributed by atoms with Crippen LogP contribution in [0, 0.1) is 5.92 Å². The molecule has 0 unspecified atom stereocenters. The van der Waals surface area contributed by atoms with Crippen LogP contribution in [0.2, 0.25) is 0 Å². The van der Waals surface area contributed by atoms with E-state index in [4.69, 9.17) is 0 Å². The Hall–Kier alpha value is -3.31. The largest absolute Gasteiger partial charge is 0.337 e. The smallest absolute Gasteiger partial charge is 0.227 e. The Morgan fingerprint density at radius 2 is 1.74 bits per heavy atom. The lowest BCUT2D eigenvalue weighted by Crippen LogP contribution is -2.37. The zero-order chi connectivity index (χ0) is 21.5. The molecule has 2 aromatic heterocycles. The summed E-state index contributed by atoms with van der Waals surface area (Å²) in [5.74, 6) is 0.141. The van der Waals surface area contributed by atoms with Crippen LogP contribution in [0.4, 0.5) is 0 Å². The number of benzene rings is 1. The van der Waals surface area contributed by atoms with Crippen LogP contribution in [0.25, 0.3) is 11.1 Å². The second-order valence-electron chi connectivity index (χ2n) is 8.00. The van der Waals surface area contributed by atoms with Crippen LogP contribution in [0.1, 0.15) is 11.1 Å². The van der Waals surface area contributed by atoms with Gasteiger partial charge in [-0.25, -0.2) is 0 Å². The number of aromatic nitrogens is 2. The SMILES string of the molecule is C=CCN1CCN(Cc2ccncc2)C[C@H](Cc2ccc(-c3cccnc3)cc2)C1=O. The number of pyridine rings is 2. The lowest BCUT2D eigenvalue weighted by atomic mass is 9.96. The quantitative estimate of drug-likeness (QED) is 0.554. The molecule has 1 atom stereocenters. The maximum Gasteiger partial charge on any atom is 0.227 e. The Bertz CT molecular complexity index is 989. The topological polar surface area (TPSA) is 49.3 Å². The second kappa shape index (κ2) is 10.1. The summed E-state index contributed by atoms with van der Waals surface area (Å²) in [5.41, 5.74) is 4.63. The second-order valence-corrected chi connectivity index (χ2v) is 8.00. The van der Waals surface area contributed by atoms with Crippen LogP contribution >= 0.6 is 0 Å². The molecular weight excluding hydrogens is 384 g/mol. The predicted molar refractivity (Wildman–Crippen MR) is 123 cm³/mol. The fraction of sp³-hybridized carbons (Fsp3) is 0.269. The standard InChI is InChI=1S/C26H28N4O/c1-2-14-30-16-15-29(19-22-9-12-27-13-10-22)20-25(26(30)31)17-21-5-7-23(8-6-21)24-4-3-11-28-18-24/h2-13,18,25H,1,14-17,19-20H2/t25-/m0/s1. The van der Waals surface area contributed by atoms with Gasteiger partial charge in [-0.1, -0.05) is 36.4 Å². The molecule has 0 spiro atoms. The van der Waals surface area contributed by atoms with E-state index in [0.29, 0.717) is 6.54 Å². The average molecular weight is 413 g/mol. The lowest BCUT2D eigenvalue weighted by molar-refractivity contribution is -0.134. The number of hydrogen-bond donors (Lipinski definition) is 0. The van der Waals surface area contributed by atoms with E-state index in [1.165, 1.54) is 11.1 Å². The van der Waals surface area contributed by atoms with Gasteiger partial charge in [-0.3, -0.25) is 19.7 Å². The molecule has 31 heavy (non-hydrogen) atoms. The highest BCUT2D eigenvalue weighted by Gasteiger charge is 2.30. The molecule has 1 aliphatic rings. The van der Waals surface area contributed by atoms with Crippen molar-refractivity contribution >= 4 is 5.91 Å². The molecule has 0 aliphatic carbocycles. The minimum atomic E-state index is -0.0754. The number of carbonyl (C=O) groups is 1. The molecule has 0 saturated carbocycles. The molecule has 1 aromatic carbocycles. The first-order valence-electron chi connectivity index (χ1n) is 10.7. The van der Waals surface area contributed by atoms with Gasteiger partial charge in [-0.2, -0.15) is 0 Å². The highest BCUT2D eigenvalue weighted by molar-refractivity contribution is 5.80. The lowest BCUT2D eigenvalue weighted by Gasteiger charge is -2.23. The van der Waals surface area contributed by atoms with Crippen LogP contribution in [0.5, 0.6) is 0 Å². The highest BCUT2D eigenvalue weighted by Crippen LogP contribution is 2.22. The summed E-state index contributed by atoms with van der Waals surface area (Å²) in [5, 5.41) is 0. The number of hydrogen-bond acceptors (Lipinski definition) is 4. The van der Waals surface area contributed by atoms with Gasteiger partial charge in [0.15, 0.2) is 0 Å². The van der Waals surface area contributed by atoms with Crippen molar-refractivity contribution in [1.82, 2.24) is 19.8 Å². The summed E-state index contributed by atoms with van der Waals surface area (Å²) in [6, 6.07) is 16.6. The first-order chi connectivity index (χ1) is 15.2. The predicted octanol–water partition coefficient (Wildman–Crippen LogP) is 3.83. The third-order valence-corrected chi connectivity index (χ3v) is 5.76. The van der Waals surface area contributed by atoms with Gasteiger partial charge in [0.2, 0.25) is 5.91 Å². The van der Waals surface area contributed by atoms with Crippen molar-refractivity contribution in [3.05, 3.63) is 97.1 Å². The molecule has 5 heteroatoms. The summed E-state index contributed by atoms with van der Waals surface area (Å²) in [7, 11) is 0. The summed E-state index contributed by atoms with van der Waals surface area (Å²) < 4.78 is 0.